The third-order valence-corrected chi connectivity index (χ3v) is 5.54. The van der Waals surface area contributed by atoms with Crippen LogP contribution in [0.5, 0.6) is 0 Å². The van der Waals surface area contributed by atoms with Gasteiger partial charge in [0.25, 0.3) is 5.91 Å². The molecule has 12 heteroatoms. The first-order chi connectivity index (χ1) is 17.1. The molecule has 0 unspecified atom stereocenters. The number of aromatic nitrogens is 4. The number of benzene rings is 1. The first-order valence-electron chi connectivity index (χ1n) is 11.1. The molecule has 1 aromatic carbocycles. The van der Waals surface area contributed by atoms with Gasteiger partial charge in [0.2, 0.25) is 6.41 Å². The van der Waals surface area contributed by atoms with Crippen molar-refractivity contribution in [2.45, 2.75) is 32.0 Å². The lowest BCUT2D eigenvalue weighted by atomic mass is 10.1. The van der Waals surface area contributed by atoms with Crippen LogP contribution in [0, 0.1) is 0 Å². The fourth-order valence-electron chi connectivity index (χ4n) is 3.46. The topological polar surface area (TPSA) is 110 Å². The second-order valence-electron chi connectivity index (χ2n) is 8.40. The number of amides is 2. The molecule has 0 atom stereocenters. The highest BCUT2D eigenvalue weighted by molar-refractivity contribution is 6.10. The number of alkyl halides is 3. The van der Waals surface area contributed by atoms with E-state index in [-0.39, 0.29) is 17.8 Å². The molecule has 0 spiro atoms. The van der Waals surface area contributed by atoms with E-state index in [1.807, 2.05) is 0 Å². The summed E-state index contributed by atoms with van der Waals surface area (Å²) in [7, 11) is 3.09. The molecule has 2 amide bonds. The maximum absolute atomic E-state index is 13.3. The predicted octanol–water partition coefficient (Wildman–Crippen LogP) is 3.93. The number of fused-ring (bicyclic) bond motifs is 3. The van der Waals surface area contributed by atoms with Gasteiger partial charge in [0.1, 0.15) is 5.82 Å². The van der Waals surface area contributed by atoms with E-state index in [4.69, 9.17) is 5.73 Å². The number of hydrogen-bond acceptors (Lipinski definition) is 6. The SMILES string of the molecule is C1CC1.CN(C=O)N(Cc1ccc(C(F)(F)F)cn1)C(=O)c1ccc2nc(N)c3cnn(C)c3c2c1. The lowest BCUT2D eigenvalue weighted by Crippen LogP contribution is -2.43. The molecular formula is C24H24F3N7O2. The minimum atomic E-state index is -4.53. The molecule has 4 aromatic rings. The number of nitrogens with two attached hydrogens (primary N) is 1. The number of hydrazine groups is 1. The lowest BCUT2D eigenvalue weighted by molar-refractivity contribution is -0.137. The first kappa shape index (κ1) is 24.9. The standard InChI is InChI=1S/C21H18F3N7O2.C3H6/c1-29(11-32)31(10-14-5-4-13(8-26-14)21(22,23)24)20(33)12-3-6-17-15(7-12)18-16(19(25)28-17)9-27-30(18)2;1-2-3-1/h3-9,11H,10H2,1-2H3,(H2,25,28);1-3H2. The third-order valence-electron chi connectivity index (χ3n) is 5.54. The summed E-state index contributed by atoms with van der Waals surface area (Å²) in [6, 6.07) is 6.80. The zero-order valence-electron chi connectivity index (χ0n) is 19.7. The van der Waals surface area contributed by atoms with E-state index in [9.17, 15) is 22.8 Å². The molecule has 2 N–H and O–H groups in total. The Bertz CT molecular complexity index is 1410. The van der Waals surface area contributed by atoms with Gasteiger partial charge >= 0.3 is 6.18 Å². The quantitative estimate of drug-likeness (QED) is 0.329. The van der Waals surface area contributed by atoms with Crippen LogP contribution in [0.25, 0.3) is 21.8 Å². The fourth-order valence-corrected chi connectivity index (χ4v) is 3.46. The molecular weight excluding hydrogens is 475 g/mol. The lowest BCUT2D eigenvalue weighted by Gasteiger charge is -2.28. The molecule has 1 fully saturated rings. The smallest absolute Gasteiger partial charge is 0.383 e. The number of carbonyl (C=O) groups is 2. The van der Waals surface area contributed by atoms with Crippen molar-refractivity contribution in [1.82, 2.24) is 29.8 Å². The minimum absolute atomic E-state index is 0.175. The summed E-state index contributed by atoms with van der Waals surface area (Å²) in [5.74, 6) is -0.249. The molecule has 1 saturated carbocycles. The van der Waals surface area contributed by atoms with E-state index in [0.717, 1.165) is 22.2 Å². The molecule has 0 saturated heterocycles. The summed E-state index contributed by atoms with van der Waals surface area (Å²) in [4.78, 5) is 32.8. The van der Waals surface area contributed by atoms with E-state index >= 15 is 0 Å². The second-order valence-corrected chi connectivity index (χ2v) is 8.40. The summed E-state index contributed by atoms with van der Waals surface area (Å²) in [5, 5.41) is 7.54. The van der Waals surface area contributed by atoms with Gasteiger partial charge in [0, 0.05) is 31.2 Å². The van der Waals surface area contributed by atoms with Crippen molar-refractivity contribution in [3.63, 3.8) is 0 Å². The van der Waals surface area contributed by atoms with Gasteiger partial charge in [-0.15, -0.1) is 0 Å². The zero-order chi connectivity index (χ0) is 26.0. The molecule has 0 radical (unpaired) electrons. The van der Waals surface area contributed by atoms with Crippen molar-refractivity contribution in [2.24, 2.45) is 7.05 Å². The molecule has 1 aliphatic rings. The fraction of sp³-hybridized carbons (Fsp3) is 0.292. The van der Waals surface area contributed by atoms with Crippen molar-refractivity contribution < 1.29 is 22.8 Å². The van der Waals surface area contributed by atoms with E-state index < -0.39 is 17.6 Å². The summed E-state index contributed by atoms with van der Waals surface area (Å²) in [6.07, 6.45) is 2.66. The number of pyridine rings is 2. The van der Waals surface area contributed by atoms with Gasteiger partial charge in [-0.1, -0.05) is 19.3 Å². The molecule has 0 bridgehead atoms. The number of aryl methyl sites for hydroxylation is 1. The van der Waals surface area contributed by atoms with E-state index in [2.05, 4.69) is 15.1 Å². The number of nitrogens with zero attached hydrogens (tertiary/aromatic N) is 6. The maximum Gasteiger partial charge on any atom is 0.417 e. The summed E-state index contributed by atoms with van der Waals surface area (Å²) in [5.41, 5.74) is 6.74. The largest absolute Gasteiger partial charge is 0.417 e. The van der Waals surface area contributed by atoms with Crippen LogP contribution in [0.15, 0.2) is 42.7 Å². The highest BCUT2D eigenvalue weighted by Crippen LogP contribution is 2.30. The highest BCUT2D eigenvalue weighted by atomic mass is 19.4. The van der Waals surface area contributed by atoms with Gasteiger partial charge in [-0.3, -0.25) is 24.3 Å². The van der Waals surface area contributed by atoms with Crippen molar-refractivity contribution in [1.29, 1.82) is 0 Å². The molecule has 0 aliphatic heterocycles. The molecule has 36 heavy (non-hydrogen) atoms. The molecule has 3 aromatic heterocycles. The Morgan fingerprint density at radius 3 is 2.44 bits per heavy atom. The Kier molecular flexibility index (Phi) is 6.77. The van der Waals surface area contributed by atoms with Gasteiger partial charge in [0.15, 0.2) is 0 Å². The Labute approximate surface area is 204 Å². The Hall–Kier alpha value is -4.22. The van der Waals surface area contributed by atoms with Crippen LogP contribution in [-0.2, 0) is 24.6 Å². The van der Waals surface area contributed by atoms with Crippen LogP contribution in [-0.4, -0.2) is 49.1 Å². The number of carbonyl (C=O) groups excluding carboxylic acids is 2. The highest BCUT2D eigenvalue weighted by Gasteiger charge is 2.31. The van der Waals surface area contributed by atoms with Gasteiger partial charge in [-0.05, 0) is 30.3 Å². The summed E-state index contributed by atoms with van der Waals surface area (Å²) >= 11 is 0. The van der Waals surface area contributed by atoms with Gasteiger partial charge in [0.05, 0.1) is 40.4 Å². The van der Waals surface area contributed by atoms with Crippen molar-refractivity contribution in [2.75, 3.05) is 12.8 Å². The Balaban J connectivity index is 0.000000943. The van der Waals surface area contributed by atoms with E-state index in [0.29, 0.717) is 40.2 Å². The molecule has 9 nitrogen and oxygen atoms in total. The second kappa shape index (κ2) is 9.80. The zero-order valence-corrected chi connectivity index (χ0v) is 19.7. The van der Waals surface area contributed by atoms with Gasteiger partial charge < -0.3 is 5.73 Å². The van der Waals surface area contributed by atoms with Crippen LogP contribution >= 0.6 is 0 Å². The summed E-state index contributed by atoms with van der Waals surface area (Å²) < 4.78 is 40.0. The van der Waals surface area contributed by atoms with Crippen LogP contribution in [0.4, 0.5) is 19.0 Å². The van der Waals surface area contributed by atoms with Crippen LogP contribution in [0.3, 0.4) is 0 Å². The number of rotatable bonds is 5. The molecule has 5 rings (SSSR count). The number of halogens is 3. The van der Waals surface area contributed by atoms with Crippen molar-refractivity contribution in [3.8, 4) is 0 Å². The third kappa shape index (κ3) is 5.21. The van der Waals surface area contributed by atoms with E-state index in [1.165, 1.54) is 32.4 Å². The van der Waals surface area contributed by atoms with Crippen molar-refractivity contribution >= 4 is 39.9 Å². The van der Waals surface area contributed by atoms with Crippen LogP contribution in [0.2, 0.25) is 0 Å². The molecule has 188 valence electrons. The van der Waals surface area contributed by atoms with Gasteiger partial charge in [-0.25, -0.2) is 9.99 Å². The monoisotopic (exact) mass is 499 g/mol. The Morgan fingerprint density at radius 1 is 1.14 bits per heavy atom. The summed E-state index contributed by atoms with van der Waals surface area (Å²) in [6.45, 7) is -0.217. The van der Waals surface area contributed by atoms with Crippen molar-refractivity contribution in [3.05, 3.63) is 59.5 Å². The Morgan fingerprint density at radius 2 is 1.86 bits per heavy atom. The minimum Gasteiger partial charge on any atom is -0.383 e. The normalized spacial score (nSPS) is 12.7. The number of hydrogen-bond donors (Lipinski definition) is 1. The van der Waals surface area contributed by atoms with E-state index in [1.54, 1.807) is 30.1 Å². The molecule has 1 aliphatic carbocycles. The van der Waals surface area contributed by atoms with Gasteiger partial charge in [-0.2, -0.15) is 18.3 Å². The molecule has 3 heterocycles. The van der Waals surface area contributed by atoms with Crippen LogP contribution < -0.4 is 5.73 Å². The predicted molar refractivity (Wildman–Crippen MR) is 127 cm³/mol. The average Bonchev–Trinajstić information content (AvgIpc) is 3.69. The number of nitrogen functional groups attached to an aromatic ring is 1. The van der Waals surface area contributed by atoms with Crippen LogP contribution in [0.1, 0.15) is 40.9 Å². The maximum atomic E-state index is 13.3. The first-order valence-corrected chi connectivity index (χ1v) is 11.1. The number of anilines is 1. The average molecular weight is 499 g/mol.